The Morgan fingerprint density at radius 2 is 2.09 bits per heavy atom. The molecule has 8 nitrogen and oxygen atoms in total. The van der Waals surface area contributed by atoms with Crippen LogP contribution in [0, 0.1) is 5.92 Å². The fourth-order valence-corrected chi connectivity index (χ4v) is 3.37. The van der Waals surface area contributed by atoms with Crippen LogP contribution >= 0.6 is 0 Å². The Hall–Kier alpha value is -2.38. The van der Waals surface area contributed by atoms with Crippen LogP contribution in [-0.4, -0.2) is 50.2 Å². The van der Waals surface area contributed by atoms with Crippen molar-refractivity contribution in [3.63, 3.8) is 0 Å². The van der Waals surface area contributed by atoms with Gasteiger partial charge in [0, 0.05) is 25.2 Å². The van der Waals surface area contributed by atoms with Crippen LogP contribution < -0.4 is 5.32 Å². The maximum absolute atomic E-state index is 12.3. The lowest BCUT2D eigenvalue weighted by Gasteiger charge is -2.23. The molecule has 2 heterocycles. The molecule has 23 heavy (non-hydrogen) atoms. The van der Waals surface area contributed by atoms with Crippen LogP contribution in [0.25, 0.3) is 0 Å². The Bertz CT molecular complexity index is 621. The van der Waals surface area contributed by atoms with E-state index in [4.69, 9.17) is 5.11 Å². The number of amides is 2. The summed E-state index contributed by atoms with van der Waals surface area (Å²) in [6.07, 6.45) is 7.47. The number of likely N-dealkylation sites (tertiary alicyclic amines) is 1. The van der Waals surface area contributed by atoms with Gasteiger partial charge in [0.1, 0.15) is 6.54 Å². The average Bonchev–Trinajstić information content (AvgIpc) is 3.19. The van der Waals surface area contributed by atoms with E-state index in [-0.39, 0.29) is 30.7 Å². The molecule has 0 radical (unpaired) electrons. The molecule has 1 atom stereocenters. The average molecular weight is 320 g/mol. The molecular weight excluding hydrogens is 300 g/mol. The summed E-state index contributed by atoms with van der Waals surface area (Å²) in [7, 11) is 0. The molecular formula is C15H20N4O4. The quantitative estimate of drug-likeness (QED) is 0.831. The Morgan fingerprint density at radius 1 is 1.35 bits per heavy atom. The summed E-state index contributed by atoms with van der Waals surface area (Å²) >= 11 is 0. The molecule has 0 aromatic carbocycles. The summed E-state index contributed by atoms with van der Waals surface area (Å²) in [5, 5.41) is 15.3. The third kappa shape index (κ3) is 3.52. The van der Waals surface area contributed by atoms with Crippen LogP contribution in [0.4, 0.5) is 5.69 Å². The number of nitrogens with zero attached hydrogens (tertiary/aromatic N) is 3. The van der Waals surface area contributed by atoms with Gasteiger partial charge in [0.2, 0.25) is 11.8 Å². The maximum Gasteiger partial charge on any atom is 0.325 e. The summed E-state index contributed by atoms with van der Waals surface area (Å²) in [4.78, 5) is 36.9. The summed E-state index contributed by atoms with van der Waals surface area (Å²) in [6, 6.07) is 0.290. The molecule has 1 aromatic heterocycles. The standard InChI is InChI=1S/C15H20N4O4/c20-13-5-10(7-19(13)12-3-1-2-4-12)15(23)17-11-6-16-18(8-11)9-14(21)22/h6,8,10,12H,1-5,7,9H2,(H,17,23)(H,21,22). The van der Waals surface area contributed by atoms with Crippen molar-refractivity contribution >= 4 is 23.5 Å². The van der Waals surface area contributed by atoms with Crippen LogP contribution in [0.2, 0.25) is 0 Å². The van der Waals surface area contributed by atoms with Crippen LogP contribution in [0.5, 0.6) is 0 Å². The number of anilines is 1. The van der Waals surface area contributed by atoms with E-state index in [1.807, 2.05) is 4.90 Å². The topological polar surface area (TPSA) is 105 Å². The molecule has 1 unspecified atom stereocenters. The van der Waals surface area contributed by atoms with Gasteiger partial charge in [0.05, 0.1) is 17.8 Å². The van der Waals surface area contributed by atoms with Gasteiger partial charge < -0.3 is 15.3 Å². The molecule has 1 aliphatic heterocycles. The van der Waals surface area contributed by atoms with Crippen molar-refractivity contribution in [2.75, 3.05) is 11.9 Å². The van der Waals surface area contributed by atoms with Gasteiger partial charge in [-0.15, -0.1) is 0 Å². The molecule has 0 spiro atoms. The number of carboxylic acids is 1. The Labute approximate surface area is 133 Å². The molecule has 2 N–H and O–H groups in total. The first-order chi connectivity index (χ1) is 11.0. The molecule has 1 saturated heterocycles. The van der Waals surface area contributed by atoms with E-state index >= 15 is 0 Å². The largest absolute Gasteiger partial charge is 0.480 e. The molecule has 1 saturated carbocycles. The van der Waals surface area contributed by atoms with Gasteiger partial charge >= 0.3 is 5.97 Å². The highest BCUT2D eigenvalue weighted by molar-refractivity contribution is 5.97. The first-order valence-electron chi connectivity index (χ1n) is 7.87. The summed E-state index contributed by atoms with van der Waals surface area (Å²) in [5.74, 6) is -1.52. The third-order valence-corrected chi connectivity index (χ3v) is 4.49. The van der Waals surface area contributed by atoms with Gasteiger partial charge in [0.25, 0.3) is 0 Å². The second-order valence-corrected chi connectivity index (χ2v) is 6.20. The fraction of sp³-hybridized carbons (Fsp3) is 0.600. The third-order valence-electron chi connectivity index (χ3n) is 4.49. The van der Waals surface area contributed by atoms with Gasteiger partial charge in [-0.25, -0.2) is 0 Å². The number of carbonyl (C=O) groups excluding carboxylic acids is 2. The van der Waals surface area contributed by atoms with E-state index in [0.717, 1.165) is 25.7 Å². The number of aromatic nitrogens is 2. The van der Waals surface area contributed by atoms with Gasteiger partial charge in [-0.1, -0.05) is 12.8 Å². The number of rotatable bonds is 5. The molecule has 0 bridgehead atoms. The molecule has 124 valence electrons. The molecule has 8 heteroatoms. The number of aliphatic carboxylic acids is 1. The minimum atomic E-state index is -1.00. The molecule has 2 aliphatic rings. The lowest BCUT2D eigenvalue weighted by atomic mass is 10.1. The Balaban J connectivity index is 1.57. The number of hydrogen-bond donors (Lipinski definition) is 2. The maximum atomic E-state index is 12.3. The van der Waals surface area contributed by atoms with Crippen molar-refractivity contribution in [3.05, 3.63) is 12.4 Å². The highest BCUT2D eigenvalue weighted by Gasteiger charge is 2.38. The van der Waals surface area contributed by atoms with Gasteiger partial charge in [-0.05, 0) is 12.8 Å². The molecule has 2 amide bonds. The first kappa shape index (κ1) is 15.5. The monoisotopic (exact) mass is 320 g/mol. The molecule has 2 fully saturated rings. The number of hydrogen-bond acceptors (Lipinski definition) is 4. The zero-order valence-corrected chi connectivity index (χ0v) is 12.8. The highest BCUT2D eigenvalue weighted by atomic mass is 16.4. The van der Waals surface area contributed by atoms with E-state index < -0.39 is 5.97 Å². The van der Waals surface area contributed by atoms with Crippen LogP contribution in [0.15, 0.2) is 12.4 Å². The minimum absolute atomic E-state index is 0.0543. The van der Waals surface area contributed by atoms with Gasteiger partial charge in [-0.2, -0.15) is 5.10 Å². The zero-order chi connectivity index (χ0) is 16.4. The van der Waals surface area contributed by atoms with Gasteiger partial charge in [0.15, 0.2) is 0 Å². The van der Waals surface area contributed by atoms with Crippen LogP contribution in [-0.2, 0) is 20.9 Å². The van der Waals surface area contributed by atoms with Crippen molar-refractivity contribution in [1.82, 2.24) is 14.7 Å². The predicted molar refractivity (Wildman–Crippen MR) is 80.6 cm³/mol. The van der Waals surface area contributed by atoms with Crippen molar-refractivity contribution in [2.24, 2.45) is 5.92 Å². The number of nitrogens with one attached hydrogen (secondary N) is 1. The van der Waals surface area contributed by atoms with Crippen molar-refractivity contribution in [3.8, 4) is 0 Å². The first-order valence-corrected chi connectivity index (χ1v) is 7.87. The SMILES string of the molecule is O=C(O)Cn1cc(NC(=O)C2CC(=O)N(C3CCCC3)C2)cn1. The second kappa shape index (κ2) is 6.39. The lowest BCUT2D eigenvalue weighted by molar-refractivity contribution is -0.138. The Morgan fingerprint density at radius 3 is 2.78 bits per heavy atom. The van der Waals surface area contributed by atoms with E-state index in [0.29, 0.717) is 18.3 Å². The number of carbonyl (C=O) groups is 3. The summed E-state index contributed by atoms with van der Waals surface area (Å²) in [6.45, 7) is 0.214. The van der Waals surface area contributed by atoms with Crippen LogP contribution in [0.3, 0.4) is 0 Å². The lowest BCUT2D eigenvalue weighted by Crippen LogP contribution is -2.35. The highest BCUT2D eigenvalue weighted by Crippen LogP contribution is 2.29. The van der Waals surface area contributed by atoms with Gasteiger partial charge in [-0.3, -0.25) is 19.1 Å². The smallest absolute Gasteiger partial charge is 0.325 e. The summed E-state index contributed by atoms with van der Waals surface area (Å²) < 4.78 is 1.24. The Kier molecular flexibility index (Phi) is 4.31. The zero-order valence-electron chi connectivity index (χ0n) is 12.8. The number of carboxylic acid groups (broad SMARTS) is 1. The normalized spacial score (nSPS) is 21.8. The van der Waals surface area contributed by atoms with E-state index in [1.54, 1.807) is 0 Å². The van der Waals surface area contributed by atoms with E-state index in [9.17, 15) is 14.4 Å². The van der Waals surface area contributed by atoms with Crippen molar-refractivity contribution < 1.29 is 19.5 Å². The molecule has 1 aliphatic carbocycles. The summed E-state index contributed by atoms with van der Waals surface area (Å²) in [5.41, 5.74) is 0.447. The fourth-order valence-electron chi connectivity index (χ4n) is 3.37. The van der Waals surface area contributed by atoms with E-state index in [2.05, 4.69) is 10.4 Å². The predicted octanol–water partition coefficient (Wildman–Crippen LogP) is 0.697. The molecule has 1 aromatic rings. The van der Waals surface area contributed by atoms with Crippen LogP contribution in [0.1, 0.15) is 32.1 Å². The van der Waals surface area contributed by atoms with Crippen molar-refractivity contribution in [2.45, 2.75) is 44.7 Å². The van der Waals surface area contributed by atoms with E-state index in [1.165, 1.54) is 17.1 Å². The van der Waals surface area contributed by atoms with Crippen molar-refractivity contribution in [1.29, 1.82) is 0 Å². The minimum Gasteiger partial charge on any atom is -0.480 e. The molecule has 3 rings (SSSR count). The second-order valence-electron chi connectivity index (χ2n) is 6.20.